The molecule has 2 aromatic rings. The molecule has 27 heavy (non-hydrogen) atoms. The molecule has 1 aliphatic rings. The van der Waals surface area contributed by atoms with Gasteiger partial charge in [-0.15, -0.1) is 0 Å². The van der Waals surface area contributed by atoms with Gasteiger partial charge in [0.2, 0.25) is 10.0 Å². The van der Waals surface area contributed by atoms with Crippen LogP contribution in [0.15, 0.2) is 42.5 Å². The van der Waals surface area contributed by atoms with Crippen molar-refractivity contribution in [2.45, 2.75) is 32.7 Å². The van der Waals surface area contributed by atoms with Gasteiger partial charge in [-0.2, -0.15) is 0 Å². The summed E-state index contributed by atoms with van der Waals surface area (Å²) in [6.07, 6.45) is 2.19. The number of ketones is 1. The molecule has 142 valence electrons. The Morgan fingerprint density at radius 3 is 2.33 bits per heavy atom. The second-order valence-corrected chi connectivity index (χ2v) is 8.62. The number of carbonyl (C=O) groups is 2. The van der Waals surface area contributed by atoms with Crippen LogP contribution in [0.3, 0.4) is 0 Å². The molecule has 0 radical (unpaired) electrons. The summed E-state index contributed by atoms with van der Waals surface area (Å²) in [6.45, 7) is 3.65. The number of carbonyl (C=O) groups excluding carboxylic acids is 2. The standard InChI is InChI=1S/C20H22N2O4S/c1-4-19(23)14-5-8-17(9-6-14)21-20(24)15-7-10-18-16(12-15)11-13(2)22(18)27(3,25)26/h5-10,12-13H,4,11H2,1-3H3,(H,21,24). The van der Waals surface area contributed by atoms with Gasteiger partial charge in [-0.1, -0.05) is 6.92 Å². The van der Waals surface area contributed by atoms with Gasteiger partial charge in [0.15, 0.2) is 5.78 Å². The summed E-state index contributed by atoms with van der Waals surface area (Å²) in [7, 11) is -3.35. The SMILES string of the molecule is CCC(=O)c1ccc(NC(=O)c2ccc3c(c2)CC(C)N3S(C)(=O)=O)cc1. The van der Waals surface area contributed by atoms with E-state index in [9.17, 15) is 18.0 Å². The van der Waals surface area contributed by atoms with Crippen LogP contribution >= 0.6 is 0 Å². The maximum Gasteiger partial charge on any atom is 0.255 e. The van der Waals surface area contributed by atoms with Crippen LogP contribution in [-0.4, -0.2) is 32.4 Å². The molecule has 1 atom stereocenters. The van der Waals surface area contributed by atoms with Gasteiger partial charge in [-0.3, -0.25) is 13.9 Å². The van der Waals surface area contributed by atoms with Gasteiger partial charge >= 0.3 is 0 Å². The number of nitrogens with one attached hydrogen (secondary N) is 1. The number of rotatable bonds is 5. The highest BCUT2D eigenvalue weighted by Gasteiger charge is 2.32. The second-order valence-electron chi connectivity index (χ2n) is 6.76. The third-order valence-electron chi connectivity index (χ3n) is 4.64. The molecule has 0 aliphatic carbocycles. The van der Waals surface area contributed by atoms with E-state index in [0.29, 0.717) is 35.3 Å². The van der Waals surface area contributed by atoms with Crippen molar-refractivity contribution < 1.29 is 18.0 Å². The average Bonchev–Trinajstić information content (AvgIpc) is 2.96. The molecule has 1 N–H and O–H groups in total. The number of nitrogens with zero attached hydrogens (tertiary/aromatic N) is 1. The fourth-order valence-corrected chi connectivity index (χ4v) is 4.66. The Kier molecular flexibility index (Phi) is 5.06. The highest BCUT2D eigenvalue weighted by molar-refractivity contribution is 7.92. The zero-order chi connectivity index (χ0) is 19.8. The van der Waals surface area contributed by atoms with Gasteiger partial charge in [0.1, 0.15) is 0 Å². The minimum atomic E-state index is -3.35. The normalized spacial score (nSPS) is 16.1. The van der Waals surface area contributed by atoms with Crippen molar-refractivity contribution >= 4 is 33.1 Å². The van der Waals surface area contributed by atoms with Crippen LogP contribution in [0.4, 0.5) is 11.4 Å². The Balaban J connectivity index is 1.79. The third kappa shape index (κ3) is 3.88. The fourth-order valence-electron chi connectivity index (χ4n) is 3.40. The van der Waals surface area contributed by atoms with E-state index in [1.54, 1.807) is 49.4 Å². The van der Waals surface area contributed by atoms with E-state index in [1.165, 1.54) is 10.6 Å². The lowest BCUT2D eigenvalue weighted by Crippen LogP contribution is -2.34. The molecule has 0 bridgehead atoms. The van der Waals surface area contributed by atoms with Crippen molar-refractivity contribution in [1.29, 1.82) is 0 Å². The van der Waals surface area contributed by atoms with Crippen molar-refractivity contribution in [1.82, 2.24) is 0 Å². The summed E-state index contributed by atoms with van der Waals surface area (Å²) in [5.74, 6) is -0.228. The van der Waals surface area contributed by atoms with Crippen LogP contribution in [0.1, 0.15) is 46.5 Å². The molecule has 1 amide bonds. The molecule has 0 saturated carbocycles. The van der Waals surface area contributed by atoms with Gasteiger partial charge in [0, 0.05) is 29.3 Å². The monoisotopic (exact) mass is 386 g/mol. The van der Waals surface area contributed by atoms with Gasteiger partial charge in [0.25, 0.3) is 5.91 Å². The number of anilines is 2. The second kappa shape index (κ2) is 7.15. The van der Waals surface area contributed by atoms with Gasteiger partial charge in [0.05, 0.1) is 11.9 Å². The van der Waals surface area contributed by atoms with E-state index in [0.717, 1.165) is 5.56 Å². The summed E-state index contributed by atoms with van der Waals surface area (Å²) in [6, 6.07) is 11.6. The van der Waals surface area contributed by atoms with E-state index < -0.39 is 10.0 Å². The Labute approximate surface area is 159 Å². The van der Waals surface area contributed by atoms with Crippen LogP contribution in [0, 0.1) is 0 Å². The summed E-state index contributed by atoms with van der Waals surface area (Å²) in [5, 5.41) is 2.80. The van der Waals surface area contributed by atoms with Crippen LogP contribution in [0.25, 0.3) is 0 Å². The minimum absolute atomic E-state index is 0.0519. The van der Waals surface area contributed by atoms with Crippen molar-refractivity contribution in [2.75, 3.05) is 15.9 Å². The summed E-state index contributed by atoms with van der Waals surface area (Å²) < 4.78 is 25.4. The lowest BCUT2D eigenvalue weighted by molar-refractivity contribution is 0.0987. The van der Waals surface area contributed by atoms with E-state index >= 15 is 0 Å². The largest absolute Gasteiger partial charge is 0.322 e. The lowest BCUT2D eigenvalue weighted by atomic mass is 10.1. The third-order valence-corrected chi connectivity index (χ3v) is 5.91. The molecule has 1 unspecified atom stereocenters. The average molecular weight is 386 g/mol. The molecule has 0 spiro atoms. The number of hydrogen-bond donors (Lipinski definition) is 1. The Morgan fingerprint density at radius 2 is 1.74 bits per heavy atom. The first-order valence-corrected chi connectivity index (χ1v) is 10.6. The number of amides is 1. The molecule has 1 heterocycles. The van der Waals surface area contributed by atoms with E-state index in [2.05, 4.69) is 5.32 Å². The van der Waals surface area contributed by atoms with Crippen LogP contribution in [-0.2, 0) is 16.4 Å². The molecule has 0 aromatic heterocycles. The van der Waals surface area contributed by atoms with Gasteiger partial charge in [-0.25, -0.2) is 8.42 Å². The van der Waals surface area contributed by atoms with E-state index in [4.69, 9.17) is 0 Å². The van der Waals surface area contributed by atoms with E-state index in [-0.39, 0.29) is 17.7 Å². The van der Waals surface area contributed by atoms with Crippen LogP contribution < -0.4 is 9.62 Å². The van der Waals surface area contributed by atoms with Crippen molar-refractivity contribution in [3.05, 3.63) is 59.2 Å². The highest BCUT2D eigenvalue weighted by Crippen LogP contribution is 2.34. The maximum absolute atomic E-state index is 12.5. The molecular formula is C20H22N2O4S. The topological polar surface area (TPSA) is 83.6 Å². The zero-order valence-corrected chi connectivity index (χ0v) is 16.3. The zero-order valence-electron chi connectivity index (χ0n) is 15.5. The highest BCUT2D eigenvalue weighted by atomic mass is 32.2. The Hall–Kier alpha value is -2.67. The molecule has 7 heteroatoms. The first kappa shape index (κ1) is 19.1. The number of sulfonamides is 1. The Morgan fingerprint density at radius 1 is 1.11 bits per heavy atom. The Bertz CT molecular complexity index is 997. The lowest BCUT2D eigenvalue weighted by Gasteiger charge is -2.21. The smallest absolute Gasteiger partial charge is 0.255 e. The number of hydrogen-bond acceptors (Lipinski definition) is 4. The molecule has 3 rings (SSSR count). The first-order chi connectivity index (χ1) is 12.7. The molecule has 6 nitrogen and oxygen atoms in total. The molecular weight excluding hydrogens is 364 g/mol. The van der Waals surface area contributed by atoms with Crippen molar-refractivity contribution in [3.63, 3.8) is 0 Å². The van der Waals surface area contributed by atoms with Gasteiger partial charge in [-0.05, 0) is 61.4 Å². The summed E-state index contributed by atoms with van der Waals surface area (Å²) >= 11 is 0. The predicted molar refractivity (Wildman–Crippen MR) is 106 cm³/mol. The maximum atomic E-state index is 12.5. The number of benzene rings is 2. The molecule has 1 aliphatic heterocycles. The quantitative estimate of drug-likeness (QED) is 0.800. The predicted octanol–water partition coefficient (Wildman–Crippen LogP) is 3.24. The van der Waals surface area contributed by atoms with Crippen molar-refractivity contribution in [2.24, 2.45) is 0 Å². The van der Waals surface area contributed by atoms with E-state index in [1.807, 2.05) is 6.92 Å². The number of fused-ring (bicyclic) bond motifs is 1. The van der Waals surface area contributed by atoms with Gasteiger partial charge < -0.3 is 5.32 Å². The minimum Gasteiger partial charge on any atom is -0.322 e. The fraction of sp³-hybridized carbons (Fsp3) is 0.300. The number of Topliss-reactive ketones (excluding diaryl/α,β-unsaturated/α-hetero) is 1. The van der Waals surface area contributed by atoms with Crippen LogP contribution in [0.5, 0.6) is 0 Å². The molecule has 0 saturated heterocycles. The first-order valence-electron chi connectivity index (χ1n) is 8.77. The molecule has 0 fully saturated rings. The van der Waals surface area contributed by atoms with Crippen molar-refractivity contribution in [3.8, 4) is 0 Å². The summed E-state index contributed by atoms with van der Waals surface area (Å²) in [5.41, 5.74) is 3.14. The van der Waals surface area contributed by atoms with Crippen LogP contribution in [0.2, 0.25) is 0 Å². The summed E-state index contributed by atoms with van der Waals surface area (Å²) in [4.78, 5) is 24.2. The molecule has 2 aromatic carbocycles.